The lowest BCUT2D eigenvalue weighted by Crippen LogP contribution is -2.40. The van der Waals surface area contributed by atoms with Crippen molar-refractivity contribution in [2.24, 2.45) is 0 Å². The number of nitrogens with zero attached hydrogens (tertiary/aromatic N) is 2. The highest BCUT2D eigenvalue weighted by Gasteiger charge is 2.48. The lowest BCUT2D eigenvalue weighted by atomic mass is 10.0. The van der Waals surface area contributed by atoms with Gasteiger partial charge in [-0.3, -0.25) is 9.89 Å². The topological polar surface area (TPSA) is 126 Å². The van der Waals surface area contributed by atoms with E-state index in [1.165, 1.54) is 0 Å². The largest absolute Gasteiger partial charge is 0.497 e. The van der Waals surface area contributed by atoms with E-state index < -0.39 is 38.0 Å². The fraction of sp³-hybridized carbons (Fsp3) is 0.385. The molecule has 0 spiro atoms. The van der Waals surface area contributed by atoms with E-state index >= 15 is 0 Å². The summed E-state index contributed by atoms with van der Waals surface area (Å²) >= 11 is 0. The van der Waals surface area contributed by atoms with E-state index in [0.29, 0.717) is 47.5 Å². The van der Waals surface area contributed by atoms with Gasteiger partial charge in [0.05, 0.1) is 34.5 Å². The van der Waals surface area contributed by atoms with Crippen LogP contribution in [-0.2, 0) is 26.8 Å². The number of fused-ring (bicyclic) bond motifs is 1. The predicted octanol–water partition coefficient (Wildman–Crippen LogP) is 3.98. The van der Waals surface area contributed by atoms with Gasteiger partial charge < -0.3 is 20.1 Å². The zero-order valence-electron chi connectivity index (χ0n) is 21.7. The Bertz CT molecular complexity index is 1500. The molecule has 1 saturated heterocycles. The van der Waals surface area contributed by atoms with Gasteiger partial charge in [-0.2, -0.15) is 9.40 Å². The third kappa shape index (κ3) is 5.09. The van der Waals surface area contributed by atoms with E-state index in [0.717, 1.165) is 29.3 Å². The van der Waals surface area contributed by atoms with Gasteiger partial charge in [0.25, 0.3) is 5.91 Å². The minimum atomic E-state index is -4.30. The van der Waals surface area contributed by atoms with Gasteiger partial charge in [-0.05, 0) is 51.0 Å². The average Bonchev–Trinajstić information content (AvgIpc) is 3.42. The molecule has 39 heavy (non-hydrogen) atoms. The van der Waals surface area contributed by atoms with Crippen molar-refractivity contribution in [1.82, 2.24) is 14.5 Å². The SMILES string of the molecule is COc1ccc(C(=O)Nc2n[nH]c3c2CN(S(=O)(=O)c2cc(F)cc(F)c2)C3(C)C)c(NC2CCOCC2)c1. The van der Waals surface area contributed by atoms with Crippen LogP contribution in [-0.4, -0.2) is 55.2 Å². The average molecular weight is 562 g/mol. The van der Waals surface area contributed by atoms with Crippen LogP contribution < -0.4 is 15.4 Å². The summed E-state index contributed by atoms with van der Waals surface area (Å²) in [5.74, 6) is -1.70. The van der Waals surface area contributed by atoms with Crippen molar-refractivity contribution < 1.29 is 31.5 Å². The smallest absolute Gasteiger partial charge is 0.258 e. The molecular weight excluding hydrogens is 532 g/mol. The molecule has 0 atom stereocenters. The summed E-state index contributed by atoms with van der Waals surface area (Å²) in [4.78, 5) is 12.9. The zero-order valence-corrected chi connectivity index (χ0v) is 22.5. The Kier molecular flexibility index (Phi) is 7.08. The number of carbonyl (C=O) groups is 1. The second kappa shape index (κ2) is 10.2. The number of sulfonamides is 1. The van der Waals surface area contributed by atoms with Crippen LogP contribution in [0.25, 0.3) is 0 Å². The van der Waals surface area contributed by atoms with Crippen LogP contribution in [0, 0.1) is 11.6 Å². The Morgan fingerprint density at radius 1 is 1.15 bits per heavy atom. The molecule has 2 aromatic carbocycles. The van der Waals surface area contributed by atoms with Crippen LogP contribution in [0.3, 0.4) is 0 Å². The highest BCUT2D eigenvalue weighted by atomic mass is 32.2. The molecule has 2 aliphatic rings. The molecule has 1 fully saturated rings. The van der Waals surface area contributed by atoms with Crippen molar-refractivity contribution >= 4 is 27.4 Å². The summed E-state index contributed by atoms with van der Waals surface area (Å²) in [6, 6.07) is 7.35. The molecule has 0 radical (unpaired) electrons. The van der Waals surface area contributed by atoms with E-state index in [-0.39, 0.29) is 18.4 Å². The summed E-state index contributed by atoms with van der Waals surface area (Å²) in [5, 5.41) is 13.3. The van der Waals surface area contributed by atoms with Crippen molar-refractivity contribution in [2.45, 2.75) is 49.7 Å². The first kappa shape index (κ1) is 27.0. The Morgan fingerprint density at radius 2 is 1.85 bits per heavy atom. The molecule has 0 unspecified atom stereocenters. The molecule has 2 aliphatic heterocycles. The van der Waals surface area contributed by atoms with Gasteiger partial charge in [-0.15, -0.1) is 0 Å². The van der Waals surface area contributed by atoms with E-state index in [4.69, 9.17) is 9.47 Å². The third-order valence-electron chi connectivity index (χ3n) is 7.11. The molecule has 3 heterocycles. The van der Waals surface area contributed by atoms with Crippen molar-refractivity contribution in [2.75, 3.05) is 31.0 Å². The summed E-state index contributed by atoms with van der Waals surface area (Å²) in [5.41, 5.74) is 0.734. The number of nitrogens with one attached hydrogen (secondary N) is 3. The number of H-pyrrole nitrogens is 1. The first-order valence-electron chi connectivity index (χ1n) is 12.4. The molecule has 208 valence electrons. The number of ether oxygens (including phenoxy) is 2. The van der Waals surface area contributed by atoms with Gasteiger partial charge in [0.2, 0.25) is 10.0 Å². The van der Waals surface area contributed by atoms with Crippen molar-refractivity contribution in [3.63, 3.8) is 0 Å². The lowest BCUT2D eigenvalue weighted by molar-refractivity contribution is 0.0904. The number of rotatable bonds is 7. The molecular formula is C26H29F2N5O5S. The number of anilines is 2. The second-order valence-corrected chi connectivity index (χ2v) is 11.9. The van der Waals surface area contributed by atoms with E-state index in [1.807, 2.05) is 0 Å². The summed E-state index contributed by atoms with van der Waals surface area (Å²) in [6.07, 6.45) is 1.58. The van der Waals surface area contributed by atoms with Crippen LogP contribution in [0.4, 0.5) is 20.3 Å². The minimum Gasteiger partial charge on any atom is -0.497 e. The predicted molar refractivity (Wildman–Crippen MR) is 139 cm³/mol. The standard InChI is InChI=1S/C26H29F2N5O5S/c1-26(2)23-21(14-33(26)39(35,36)19-11-15(27)10-16(28)12-19)24(32-31-23)30-25(34)20-5-4-18(37-3)13-22(20)29-17-6-8-38-9-7-17/h4-5,10-13,17,29H,6-9,14H2,1-3H3,(H2,30,31,32,34). The number of aromatic nitrogens is 2. The second-order valence-electron chi connectivity index (χ2n) is 10.00. The molecule has 3 N–H and O–H groups in total. The quantitative estimate of drug-likeness (QED) is 0.399. The highest BCUT2D eigenvalue weighted by Crippen LogP contribution is 2.44. The number of methoxy groups -OCH3 is 1. The number of hydrogen-bond acceptors (Lipinski definition) is 7. The summed E-state index contributed by atoms with van der Waals surface area (Å²) < 4.78 is 66.4. The maximum Gasteiger partial charge on any atom is 0.258 e. The zero-order chi connectivity index (χ0) is 27.9. The molecule has 0 saturated carbocycles. The van der Waals surface area contributed by atoms with Gasteiger partial charge in [0.1, 0.15) is 17.4 Å². The fourth-order valence-corrected chi connectivity index (χ4v) is 6.76. The molecule has 5 rings (SSSR count). The van der Waals surface area contributed by atoms with Crippen LogP contribution in [0.2, 0.25) is 0 Å². The van der Waals surface area contributed by atoms with Gasteiger partial charge in [0, 0.05) is 43.5 Å². The van der Waals surface area contributed by atoms with Crippen LogP contribution in [0.5, 0.6) is 5.75 Å². The Morgan fingerprint density at radius 3 is 2.51 bits per heavy atom. The van der Waals surface area contributed by atoms with Gasteiger partial charge in [0.15, 0.2) is 5.82 Å². The Hall–Kier alpha value is -3.55. The number of amides is 1. The molecule has 1 aromatic heterocycles. The van der Waals surface area contributed by atoms with Crippen LogP contribution >= 0.6 is 0 Å². The third-order valence-corrected chi connectivity index (χ3v) is 9.11. The number of halogens is 2. The molecule has 1 amide bonds. The van der Waals surface area contributed by atoms with E-state index in [9.17, 15) is 22.0 Å². The van der Waals surface area contributed by atoms with Gasteiger partial charge >= 0.3 is 0 Å². The number of aromatic amines is 1. The molecule has 13 heteroatoms. The first-order chi connectivity index (χ1) is 18.5. The fourth-order valence-electron chi connectivity index (χ4n) is 4.99. The van der Waals surface area contributed by atoms with E-state index in [1.54, 1.807) is 39.2 Å². The van der Waals surface area contributed by atoms with Crippen LogP contribution in [0.1, 0.15) is 48.3 Å². The molecule has 0 aliphatic carbocycles. The monoisotopic (exact) mass is 561 g/mol. The lowest BCUT2D eigenvalue weighted by Gasteiger charge is -2.30. The van der Waals surface area contributed by atoms with Gasteiger partial charge in [-0.1, -0.05) is 0 Å². The summed E-state index contributed by atoms with van der Waals surface area (Å²) in [7, 11) is -2.76. The Labute approximate surface area is 224 Å². The maximum absolute atomic E-state index is 13.8. The molecule has 10 nitrogen and oxygen atoms in total. The molecule has 0 bridgehead atoms. The number of hydrogen-bond donors (Lipinski definition) is 3. The van der Waals surface area contributed by atoms with Gasteiger partial charge in [-0.25, -0.2) is 17.2 Å². The normalized spacial score (nSPS) is 17.6. The number of carbonyl (C=O) groups excluding carboxylic acids is 1. The minimum absolute atomic E-state index is 0.124. The van der Waals surface area contributed by atoms with E-state index in [2.05, 4.69) is 20.8 Å². The van der Waals surface area contributed by atoms with Crippen LogP contribution in [0.15, 0.2) is 41.3 Å². The first-order valence-corrected chi connectivity index (χ1v) is 13.8. The number of benzene rings is 2. The maximum atomic E-state index is 13.8. The van der Waals surface area contributed by atoms with Crippen molar-refractivity contribution in [3.05, 3.63) is 64.9 Å². The summed E-state index contributed by atoms with van der Waals surface area (Å²) in [6.45, 7) is 4.38. The molecule has 3 aromatic rings. The highest BCUT2D eigenvalue weighted by molar-refractivity contribution is 7.89. The Balaban J connectivity index is 1.42. The van der Waals surface area contributed by atoms with Crippen molar-refractivity contribution in [3.8, 4) is 5.75 Å². The van der Waals surface area contributed by atoms with Crippen molar-refractivity contribution in [1.29, 1.82) is 0 Å².